The highest BCUT2D eigenvalue weighted by Crippen LogP contribution is 2.09. The predicted molar refractivity (Wildman–Crippen MR) is 80.3 cm³/mol. The Bertz CT molecular complexity index is 334. The molecule has 0 aliphatic rings. The largest absolute Gasteiger partial charge is 0.317 e. The molecule has 1 aromatic rings. The third-order valence-electron chi connectivity index (χ3n) is 3.30. The molecule has 0 amide bonds. The quantitative estimate of drug-likeness (QED) is 0.657. The third-order valence-corrected chi connectivity index (χ3v) is 3.30. The molecule has 0 saturated heterocycles. The van der Waals surface area contributed by atoms with Crippen LogP contribution in [0.15, 0.2) is 18.2 Å². The van der Waals surface area contributed by atoms with Gasteiger partial charge in [0, 0.05) is 0 Å². The van der Waals surface area contributed by atoms with Crippen LogP contribution in [-0.4, -0.2) is 26.2 Å². The van der Waals surface area contributed by atoms with Crippen LogP contribution in [0.5, 0.6) is 0 Å². The summed E-state index contributed by atoms with van der Waals surface area (Å²) in [4.78, 5) is 0. The highest BCUT2D eigenvalue weighted by atomic mass is 14.9. The summed E-state index contributed by atoms with van der Waals surface area (Å²) in [6, 6.07) is 6.77. The maximum absolute atomic E-state index is 3.50. The number of benzene rings is 1. The Morgan fingerprint density at radius 1 is 0.889 bits per heavy atom. The molecule has 0 unspecified atom stereocenters. The van der Waals surface area contributed by atoms with E-state index in [4.69, 9.17) is 0 Å². The number of hydrogen-bond donors (Lipinski definition) is 2. The fourth-order valence-electron chi connectivity index (χ4n) is 1.96. The van der Waals surface area contributed by atoms with Crippen LogP contribution in [0.4, 0.5) is 0 Å². The van der Waals surface area contributed by atoms with Gasteiger partial charge < -0.3 is 10.6 Å². The van der Waals surface area contributed by atoms with Crippen LogP contribution in [0, 0.1) is 13.8 Å². The van der Waals surface area contributed by atoms with E-state index in [9.17, 15) is 0 Å². The first kappa shape index (κ1) is 15.2. The molecule has 1 aromatic carbocycles. The van der Waals surface area contributed by atoms with E-state index < -0.39 is 0 Å². The van der Waals surface area contributed by atoms with Gasteiger partial charge in [-0.3, -0.25) is 0 Å². The average molecular weight is 248 g/mol. The molecule has 0 aliphatic heterocycles. The molecule has 0 heterocycles. The summed E-state index contributed by atoms with van der Waals surface area (Å²) in [5, 5.41) is 6.92. The van der Waals surface area contributed by atoms with E-state index in [1.807, 2.05) is 0 Å². The van der Waals surface area contributed by atoms with Gasteiger partial charge in [0.15, 0.2) is 0 Å². The van der Waals surface area contributed by atoms with E-state index >= 15 is 0 Å². The lowest BCUT2D eigenvalue weighted by Crippen LogP contribution is -2.23. The van der Waals surface area contributed by atoms with Crippen molar-refractivity contribution in [1.29, 1.82) is 0 Å². The summed E-state index contributed by atoms with van der Waals surface area (Å²) in [6.45, 7) is 11.0. The van der Waals surface area contributed by atoms with Crippen molar-refractivity contribution >= 4 is 0 Å². The van der Waals surface area contributed by atoms with Gasteiger partial charge in [-0.25, -0.2) is 0 Å². The van der Waals surface area contributed by atoms with Crippen molar-refractivity contribution in [3.8, 4) is 0 Å². The lowest BCUT2D eigenvalue weighted by molar-refractivity contribution is 0.593. The average Bonchev–Trinajstić information content (AvgIpc) is 2.37. The van der Waals surface area contributed by atoms with Gasteiger partial charge in [-0.1, -0.05) is 25.1 Å². The molecule has 0 aromatic heterocycles. The second-order valence-corrected chi connectivity index (χ2v) is 5.02. The number of aryl methyl sites for hydroxylation is 2. The maximum Gasteiger partial charge on any atom is -0.000834 e. The predicted octanol–water partition coefficient (Wildman–Crippen LogP) is 2.83. The van der Waals surface area contributed by atoms with Gasteiger partial charge in [-0.2, -0.15) is 0 Å². The molecule has 2 nitrogen and oxygen atoms in total. The zero-order valence-corrected chi connectivity index (χ0v) is 12.2. The fraction of sp³-hybridized carbons (Fsp3) is 0.625. The highest BCUT2D eigenvalue weighted by Gasteiger charge is 1.96. The lowest BCUT2D eigenvalue weighted by Gasteiger charge is -2.07. The number of hydrogen-bond acceptors (Lipinski definition) is 2. The summed E-state index contributed by atoms with van der Waals surface area (Å²) < 4.78 is 0. The smallest absolute Gasteiger partial charge is 0.000834 e. The monoisotopic (exact) mass is 248 g/mol. The molecule has 0 fully saturated rings. The Hall–Kier alpha value is -0.860. The fourth-order valence-corrected chi connectivity index (χ4v) is 1.96. The van der Waals surface area contributed by atoms with Gasteiger partial charge in [0.25, 0.3) is 0 Å². The normalized spacial score (nSPS) is 10.8. The minimum Gasteiger partial charge on any atom is -0.317 e. The Morgan fingerprint density at radius 3 is 2.28 bits per heavy atom. The summed E-state index contributed by atoms with van der Waals surface area (Å²) >= 11 is 0. The molecule has 0 spiro atoms. The van der Waals surface area contributed by atoms with Crippen LogP contribution < -0.4 is 10.6 Å². The molecule has 0 aliphatic carbocycles. The SMILES string of the molecule is CCCNCCCNCCc1ccc(C)c(C)c1. The first-order chi connectivity index (χ1) is 8.74. The van der Waals surface area contributed by atoms with E-state index in [-0.39, 0.29) is 0 Å². The molecule has 0 atom stereocenters. The first-order valence-corrected chi connectivity index (χ1v) is 7.21. The van der Waals surface area contributed by atoms with Gasteiger partial charge in [0.2, 0.25) is 0 Å². The van der Waals surface area contributed by atoms with Crippen molar-refractivity contribution < 1.29 is 0 Å². The van der Waals surface area contributed by atoms with Gasteiger partial charge in [0.1, 0.15) is 0 Å². The van der Waals surface area contributed by atoms with Crippen molar-refractivity contribution in [2.24, 2.45) is 0 Å². The Morgan fingerprint density at radius 2 is 1.61 bits per heavy atom. The summed E-state index contributed by atoms with van der Waals surface area (Å²) in [7, 11) is 0. The minimum atomic E-state index is 1.08. The van der Waals surface area contributed by atoms with Gasteiger partial charge in [0.05, 0.1) is 0 Å². The van der Waals surface area contributed by atoms with Crippen LogP contribution in [0.2, 0.25) is 0 Å². The number of nitrogens with one attached hydrogen (secondary N) is 2. The van der Waals surface area contributed by atoms with E-state index in [0.717, 1.165) is 32.6 Å². The molecule has 102 valence electrons. The molecular weight excluding hydrogens is 220 g/mol. The highest BCUT2D eigenvalue weighted by molar-refractivity contribution is 5.29. The second-order valence-electron chi connectivity index (χ2n) is 5.02. The van der Waals surface area contributed by atoms with Crippen molar-refractivity contribution in [1.82, 2.24) is 10.6 Å². The first-order valence-electron chi connectivity index (χ1n) is 7.21. The molecular formula is C16H28N2. The van der Waals surface area contributed by atoms with Crippen molar-refractivity contribution in [2.75, 3.05) is 26.2 Å². The molecule has 0 saturated carbocycles. The lowest BCUT2D eigenvalue weighted by atomic mass is 10.0. The Kier molecular flexibility index (Phi) is 7.70. The van der Waals surface area contributed by atoms with E-state index in [1.54, 1.807) is 0 Å². The standard InChI is InChI=1S/C16H28N2/c1-4-9-17-10-5-11-18-12-8-16-7-6-14(2)15(3)13-16/h6-7,13,17-18H,4-5,8-12H2,1-3H3. The minimum absolute atomic E-state index is 1.08. The summed E-state index contributed by atoms with van der Waals surface area (Å²) in [5.41, 5.74) is 4.22. The van der Waals surface area contributed by atoms with Crippen LogP contribution in [0.3, 0.4) is 0 Å². The second kappa shape index (κ2) is 9.12. The summed E-state index contributed by atoms with van der Waals surface area (Å²) in [5.74, 6) is 0. The van der Waals surface area contributed by atoms with Gasteiger partial charge in [-0.05, 0) is 76.0 Å². The number of rotatable bonds is 9. The van der Waals surface area contributed by atoms with Gasteiger partial charge >= 0.3 is 0 Å². The van der Waals surface area contributed by atoms with E-state index in [0.29, 0.717) is 0 Å². The Labute approximate surface area is 112 Å². The zero-order chi connectivity index (χ0) is 13.2. The van der Waals surface area contributed by atoms with Crippen LogP contribution in [0.1, 0.15) is 36.5 Å². The molecule has 0 bridgehead atoms. The van der Waals surface area contributed by atoms with Crippen molar-refractivity contribution in [3.63, 3.8) is 0 Å². The summed E-state index contributed by atoms with van der Waals surface area (Å²) in [6.07, 6.45) is 3.57. The topological polar surface area (TPSA) is 24.1 Å². The molecule has 2 heteroatoms. The maximum atomic E-state index is 3.50. The van der Waals surface area contributed by atoms with Gasteiger partial charge in [-0.15, -0.1) is 0 Å². The van der Waals surface area contributed by atoms with Crippen LogP contribution in [0.25, 0.3) is 0 Å². The Balaban J connectivity index is 2.05. The third kappa shape index (κ3) is 6.18. The molecule has 0 radical (unpaired) electrons. The van der Waals surface area contributed by atoms with Crippen LogP contribution in [-0.2, 0) is 6.42 Å². The van der Waals surface area contributed by atoms with Crippen molar-refractivity contribution in [3.05, 3.63) is 34.9 Å². The van der Waals surface area contributed by atoms with E-state index in [2.05, 4.69) is 49.6 Å². The molecule has 18 heavy (non-hydrogen) atoms. The van der Waals surface area contributed by atoms with E-state index in [1.165, 1.54) is 29.5 Å². The molecule has 2 N–H and O–H groups in total. The van der Waals surface area contributed by atoms with Crippen LogP contribution >= 0.6 is 0 Å². The zero-order valence-electron chi connectivity index (χ0n) is 12.2. The van der Waals surface area contributed by atoms with Crippen molar-refractivity contribution in [2.45, 2.75) is 40.0 Å². The molecule has 1 rings (SSSR count).